The fourth-order valence-corrected chi connectivity index (χ4v) is 7.93. The van der Waals surface area contributed by atoms with Crippen LogP contribution in [0.4, 0.5) is 0 Å². The van der Waals surface area contributed by atoms with E-state index in [0.29, 0.717) is 12.8 Å². The Morgan fingerprint density at radius 3 is 0.778 bits per heavy atom. The van der Waals surface area contributed by atoms with Gasteiger partial charge in [0.25, 0.3) is 0 Å². The zero-order valence-electron chi connectivity index (χ0n) is 51.5. The first-order valence-corrected chi connectivity index (χ1v) is 31.9. The van der Waals surface area contributed by atoms with Crippen molar-refractivity contribution in [2.75, 3.05) is 13.2 Å². The fourth-order valence-electron chi connectivity index (χ4n) is 7.93. The molecular weight excluding hydrogens is 997 g/mol. The normalized spacial score (nSPS) is 13.5. The van der Waals surface area contributed by atoms with Gasteiger partial charge in [-0.3, -0.25) is 14.4 Å². The van der Waals surface area contributed by atoms with Crippen LogP contribution in [0, 0.1) is 0 Å². The summed E-state index contributed by atoms with van der Waals surface area (Å²) >= 11 is 0. The first-order valence-electron chi connectivity index (χ1n) is 31.9. The van der Waals surface area contributed by atoms with E-state index in [1.165, 1.54) is 38.5 Å². The highest BCUT2D eigenvalue weighted by molar-refractivity contribution is 5.71. The van der Waals surface area contributed by atoms with Crippen molar-refractivity contribution >= 4 is 17.9 Å². The highest BCUT2D eigenvalue weighted by Crippen LogP contribution is 2.14. The minimum atomic E-state index is -0.838. The molecule has 0 saturated carbocycles. The predicted octanol–water partition coefficient (Wildman–Crippen LogP) is 22.2. The van der Waals surface area contributed by atoms with Crippen LogP contribution in [0.1, 0.15) is 239 Å². The molecule has 1 unspecified atom stereocenters. The van der Waals surface area contributed by atoms with Crippen LogP contribution in [-0.2, 0) is 28.6 Å². The van der Waals surface area contributed by atoms with Crippen molar-refractivity contribution in [1.29, 1.82) is 0 Å². The second kappa shape index (κ2) is 66.8. The number of carbonyl (C=O) groups excluding carboxylic acids is 3. The summed E-state index contributed by atoms with van der Waals surface area (Å²) in [5.74, 6) is -1.06. The number of hydrogen-bond acceptors (Lipinski definition) is 6. The summed E-state index contributed by atoms with van der Waals surface area (Å²) in [7, 11) is 0. The van der Waals surface area contributed by atoms with Crippen LogP contribution in [-0.4, -0.2) is 37.2 Å². The Balaban J connectivity index is 4.50. The van der Waals surface area contributed by atoms with Crippen molar-refractivity contribution < 1.29 is 28.6 Å². The van der Waals surface area contributed by atoms with Crippen molar-refractivity contribution in [3.05, 3.63) is 194 Å². The van der Waals surface area contributed by atoms with Gasteiger partial charge >= 0.3 is 17.9 Å². The van der Waals surface area contributed by atoms with E-state index >= 15 is 0 Å². The molecule has 0 radical (unpaired) electrons. The number of hydrogen-bond donors (Lipinski definition) is 0. The molecule has 0 fully saturated rings. The van der Waals surface area contributed by atoms with E-state index in [2.05, 4.69) is 203 Å². The lowest BCUT2D eigenvalue weighted by atomic mass is 10.1. The first kappa shape index (κ1) is 75.2. The molecule has 0 aliphatic carbocycles. The summed E-state index contributed by atoms with van der Waals surface area (Å²) in [4.78, 5) is 38.3. The van der Waals surface area contributed by atoms with E-state index in [1.54, 1.807) is 0 Å². The van der Waals surface area contributed by atoms with E-state index in [9.17, 15) is 14.4 Å². The Morgan fingerprint density at radius 2 is 0.469 bits per heavy atom. The molecule has 0 saturated heterocycles. The van der Waals surface area contributed by atoms with Crippen LogP contribution in [0.2, 0.25) is 0 Å². The standard InChI is InChI=1S/C75H114O6/c1-4-7-10-13-16-19-22-25-27-29-31-33-35-37-39-41-43-45-47-50-53-56-59-62-65-68-74(77)80-71-72(70-79-73(76)67-64-61-58-55-52-49-24-21-18-15-12-9-6-3)81-75(78)69-66-63-60-57-54-51-48-46-44-42-40-38-36-34-32-30-28-26-23-20-17-14-11-8-5-2/h7-12,16-21,25-28,31-34,37-40,43,45,49-50,52-53,58,61,72H,4-6,13-15,22-24,29-30,35-36,41-42,44,46-48,51,54-57,59-60,62-71H2,1-3H3/b10-7-,11-8-,12-9-,19-16-,20-17-,21-18-,27-25-,28-26-,33-31-,34-32-,39-37-,40-38-,45-43-,52-49-,53-50-,61-58-. The zero-order chi connectivity index (χ0) is 58.5. The van der Waals surface area contributed by atoms with E-state index in [4.69, 9.17) is 14.2 Å². The molecule has 0 aromatic rings. The van der Waals surface area contributed by atoms with E-state index in [0.717, 1.165) is 154 Å². The van der Waals surface area contributed by atoms with Gasteiger partial charge in [-0.05, 0) is 148 Å². The van der Waals surface area contributed by atoms with Crippen molar-refractivity contribution in [2.24, 2.45) is 0 Å². The number of rotatable bonds is 55. The summed E-state index contributed by atoms with van der Waals surface area (Å²) in [6, 6.07) is 0. The Kier molecular flexibility index (Phi) is 62.0. The number of ether oxygens (including phenoxy) is 3. The molecule has 0 aromatic carbocycles. The summed E-state index contributed by atoms with van der Waals surface area (Å²) < 4.78 is 16.8. The second-order valence-electron chi connectivity index (χ2n) is 20.2. The minimum Gasteiger partial charge on any atom is -0.462 e. The molecule has 0 aromatic heterocycles. The molecular formula is C75H114O6. The van der Waals surface area contributed by atoms with Crippen LogP contribution >= 0.6 is 0 Å². The SMILES string of the molecule is CC/C=C\C/C=C\C/C=C\C/C=C\C/C=C\C/C=C\C/C=C\CCCCCC(=O)OCC(COC(=O)CC/C=C\C/C=C\C/C=C\C/C=C\CC)OC(=O)CCCCCCCCCCC/C=C\C/C=C\C/C=C\C/C=C\C/C=C\CC. The summed E-state index contributed by atoms with van der Waals surface area (Å²) in [5.41, 5.74) is 0. The quantitative estimate of drug-likeness (QED) is 0.0261. The van der Waals surface area contributed by atoms with Gasteiger partial charge in [0, 0.05) is 19.3 Å². The molecule has 450 valence electrons. The third kappa shape index (κ3) is 64.9. The molecule has 1 atom stereocenters. The summed E-state index contributed by atoms with van der Waals surface area (Å²) in [5, 5.41) is 0. The van der Waals surface area contributed by atoms with Crippen LogP contribution in [0.5, 0.6) is 0 Å². The van der Waals surface area contributed by atoms with Crippen LogP contribution in [0.25, 0.3) is 0 Å². The third-order valence-electron chi connectivity index (χ3n) is 12.6. The van der Waals surface area contributed by atoms with Crippen molar-refractivity contribution in [2.45, 2.75) is 245 Å². The average molecular weight is 1110 g/mol. The molecule has 0 rings (SSSR count). The lowest BCUT2D eigenvalue weighted by molar-refractivity contribution is -0.166. The first-order chi connectivity index (χ1) is 40.0. The van der Waals surface area contributed by atoms with Crippen LogP contribution in [0.15, 0.2) is 194 Å². The van der Waals surface area contributed by atoms with Gasteiger partial charge in [0.05, 0.1) is 0 Å². The molecule has 0 aliphatic heterocycles. The molecule has 0 aliphatic rings. The molecule has 6 heteroatoms. The second-order valence-corrected chi connectivity index (χ2v) is 20.2. The van der Waals surface area contributed by atoms with Crippen LogP contribution in [0.3, 0.4) is 0 Å². The monoisotopic (exact) mass is 1110 g/mol. The Bertz CT molecular complexity index is 1950. The van der Waals surface area contributed by atoms with Crippen molar-refractivity contribution in [3.63, 3.8) is 0 Å². The summed E-state index contributed by atoms with van der Waals surface area (Å²) in [6.45, 7) is 6.18. The van der Waals surface area contributed by atoms with E-state index in [-0.39, 0.29) is 44.0 Å². The molecule has 0 amide bonds. The number of allylic oxidation sites excluding steroid dienone is 32. The maximum absolute atomic E-state index is 12.9. The smallest absolute Gasteiger partial charge is 0.306 e. The van der Waals surface area contributed by atoms with Crippen molar-refractivity contribution in [1.82, 2.24) is 0 Å². The molecule has 0 bridgehead atoms. The Morgan fingerprint density at radius 1 is 0.247 bits per heavy atom. The third-order valence-corrected chi connectivity index (χ3v) is 12.6. The van der Waals surface area contributed by atoms with Gasteiger partial charge in [0.1, 0.15) is 13.2 Å². The highest BCUT2D eigenvalue weighted by atomic mass is 16.6. The molecule has 0 heterocycles. The molecule has 0 N–H and O–H groups in total. The van der Waals surface area contributed by atoms with Crippen LogP contribution < -0.4 is 0 Å². The molecule has 6 nitrogen and oxygen atoms in total. The number of unbranched alkanes of at least 4 members (excludes halogenated alkanes) is 12. The highest BCUT2D eigenvalue weighted by Gasteiger charge is 2.19. The number of carbonyl (C=O) groups is 3. The van der Waals surface area contributed by atoms with Crippen molar-refractivity contribution in [3.8, 4) is 0 Å². The fraction of sp³-hybridized carbons (Fsp3) is 0.533. The van der Waals surface area contributed by atoms with Gasteiger partial charge in [-0.1, -0.05) is 267 Å². The van der Waals surface area contributed by atoms with Gasteiger partial charge in [0.15, 0.2) is 6.10 Å². The molecule has 0 spiro atoms. The van der Waals surface area contributed by atoms with Gasteiger partial charge < -0.3 is 14.2 Å². The molecule has 81 heavy (non-hydrogen) atoms. The topological polar surface area (TPSA) is 78.9 Å². The Labute approximate surface area is 497 Å². The summed E-state index contributed by atoms with van der Waals surface area (Å²) in [6.07, 6.45) is 102. The lowest BCUT2D eigenvalue weighted by Gasteiger charge is -2.18. The maximum atomic E-state index is 12.9. The minimum absolute atomic E-state index is 0.131. The average Bonchev–Trinajstić information content (AvgIpc) is 3.46. The lowest BCUT2D eigenvalue weighted by Crippen LogP contribution is -2.30. The Hall–Kier alpha value is -5.75. The predicted molar refractivity (Wildman–Crippen MR) is 352 cm³/mol. The zero-order valence-corrected chi connectivity index (χ0v) is 51.5. The van der Waals surface area contributed by atoms with E-state index in [1.807, 2.05) is 12.2 Å². The van der Waals surface area contributed by atoms with Gasteiger partial charge in [-0.15, -0.1) is 0 Å². The van der Waals surface area contributed by atoms with Gasteiger partial charge in [-0.25, -0.2) is 0 Å². The van der Waals surface area contributed by atoms with Gasteiger partial charge in [0.2, 0.25) is 0 Å². The number of esters is 3. The maximum Gasteiger partial charge on any atom is 0.306 e. The van der Waals surface area contributed by atoms with Gasteiger partial charge in [-0.2, -0.15) is 0 Å². The largest absolute Gasteiger partial charge is 0.462 e. The van der Waals surface area contributed by atoms with E-state index < -0.39 is 6.10 Å².